The zero-order valence-corrected chi connectivity index (χ0v) is 10.2. The fourth-order valence-corrected chi connectivity index (χ4v) is 1.71. The quantitative estimate of drug-likeness (QED) is 0.476. The van der Waals surface area contributed by atoms with Crippen LogP contribution in [0.3, 0.4) is 0 Å². The molecule has 2 N–H and O–H groups in total. The second kappa shape index (κ2) is 6.57. The van der Waals surface area contributed by atoms with E-state index in [2.05, 4.69) is 21.2 Å². The number of nitro groups is 1. The van der Waals surface area contributed by atoms with Gasteiger partial charge in [-0.05, 0) is 25.1 Å². The molecule has 0 fully saturated rings. The first-order valence-electron chi connectivity index (χ1n) is 4.89. The minimum Gasteiger partial charge on any atom is -0.396 e. The highest BCUT2D eigenvalue weighted by molar-refractivity contribution is 9.10. The lowest BCUT2D eigenvalue weighted by molar-refractivity contribution is -0.385. The number of aliphatic hydroxyl groups is 1. The predicted octanol–water partition coefficient (Wildman–Crippen LogP) is 1.83. The highest BCUT2D eigenvalue weighted by Crippen LogP contribution is 2.22. The molecule has 0 saturated heterocycles. The second-order valence-electron chi connectivity index (χ2n) is 3.28. The molecule has 0 spiro atoms. The maximum Gasteiger partial charge on any atom is 0.273 e. The monoisotopic (exact) mass is 288 g/mol. The zero-order valence-electron chi connectivity index (χ0n) is 8.65. The van der Waals surface area contributed by atoms with Crippen LogP contribution in [0.2, 0.25) is 0 Å². The Balaban J connectivity index is 2.68. The van der Waals surface area contributed by atoms with Crippen molar-refractivity contribution in [2.45, 2.75) is 13.0 Å². The molecule has 0 radical (unpaired) electrons. The number of nitrogens with one attached hydrogen (secondary N) is 1. The van der Waals surface area contributed by atoms with Crippen LogP contribution in [0.25, 0.3) is 0 Å². The van der Waals surface area contributed by atoms with Gasteiger partial charge in [-0.15, -0.1) is 0 Å². The summed E-state index contributed by atoms with van der Waals surface area (Å²) in [5.41, 5.74) is 0.747. The number of nitrogens with zero attached hydrogens (tertiary/aromatic N) is 1. The number of halogens is 1. The van der Waals surface area contributed by atoms with Crippen molar-refractivity contribution in [3.8, 4) is 0 Å². The molecule has 6 heteroatoms. The third-order valence-corrected chi connectivity index (χ3v) is 2.56. The summed E-state index contributed by atoms with van der Waals surface area (Å²) in [5, 5.41) is 22.4. The molecule has 0 saturated carbocycles. The summed E-state index contributed by atoms with van der Waals surface area (Å²) in [6.45, 7) is 1.18. The van der Waals surface area contributed by atoms with Crippen LogP contribution in [0.5, 0.6) is 0 Å². The number of benzene rings is 1. The van der Waals surface area contributed by atoms with Gasteiger partial charge in [-0.2, -0.15) is 0 Å². The molecule has 0 amide bonds. The topological polar surface area (TPSA) is 75.4 Å². The van der Waals surface area contributed by atoms with E-state index < -0.39 is 4.92 Å². The van der Waals surface area contributed by atoms with Crippen molar-refractivity contribution in [1.82, 2.24) is 5.32 Å². The van der Waals surface area contributed by atoms with Crippen molar-refractivity contribution >= 4 is 21.6 Å². The predicted molar refractivity (Wildman–Crippen MR) is 64.2 cm³/mol. The second-order valence-corrected chi connectivity index (χ2v) is 4.20. The van der Waals surface area contributed by atoms with Crippen LogP contribution in [0.4, 0.5) is 5.69 Å². The van der Waals surface area contributed by atoms with E-state index in [-0.39, 0.29) is 12.3 Å². The van der Waals surface area contributed by atoms with Gasteiger partial charge in [0, 0.05) is 29.3 Å². The average molecular weight is 289 g/mol. The molecule has 0 aliphatic carbocycles. The third-order valence-electron chi connectivity index (χ3n) is 2.07. The van der Waals surface area contributed by atoms with Crippen molar-refractivity contribution in [1.29, 1.82) is 0 Å². The van der Waals surface area contributed by atoms with E-state index in [1.54, 1.807) is 12.1 Å². The highest BCUT2D eigenvalue weighted by atomic mass is 79.9. The summed E-state index contributed by atoms with van der Waals surface area (Å²) in [6.07, 6.45) is 0.641. The fraction of sp³-hybridized carbons (Fsp3) is 0.400. The zero-order chi connectivity index (χ0) is 12.0. The smallest absolute Gasteiger partial charge is 0.273 e. The van der Waals surface area contributed by atoms with E-state index in [4.69, 9.17) is 5.11 Å². The van der Waals surface area contributed by atoms with Gasteiger partial charge in [0.2, 0.25) is 0 Å². The summed E-state index contributed by atoms with van der Waals surface area (Å²) in [6, 6.07) is 4.85. The molecule has 0 aliphatic heterocycles. The Morgan fingerprint density at radius 1 is 1.50 bits per heavy atom. The summed E-state index contributed by atoms with van der Waals surface area (Å²) in [4.78, 5) is 10.4. The summed E-state index contributed by atoms with van der Waals surface area (Å²) in [7, 11) is 0. The van der Waals surface area contributed by atoms with Gasteiger partial charge in [0.1, 0.15) is 0 Å². The molecule has 5 nitrogen and oxygen atoms in total. The Bertz CT molecular complexity index is 371. The van der Waals surface area contributed by atoms with E-state index >= 15 is 0 Å². The lowest BCUT2D eigenvalue weighted by atomic mass is 10.2. The molecular weight excluding hydrogens is 276 g/mol. The van der Waals surface area contributed by atoms with Crippen LogP contribution in [0, 0.1) is 10.1 Å². The van der Waals surface area contributed by atoms with Crippen LogP contribution in [-0.2, 0) is 6.54 Å². The molecular formula is C10H13BrN2O3. The van der Waals surface area contributed by atoms with E-state index in [0.717, 1.165) is 4.47 Å². The molecule has 0 heterocycles. The SMILES string of the molecule is O=[N+]([O-])c1ccc(Br)cc1CNCCCO. The lowest BCUT2D eigenvalue weighted by Crippen LogP contribution is -2.16. The molecule has 0 aromatic heterocycles. The number of hydrogen-bond acceptors (Lipinski definition) is 4. The number of rotatable bonds is 6. The minimum atomic E-state index is -0.393. The van der Waals surface area contributed by atoms with Gasteiger partial charge in [-0.3, -0.25) is 10.1 Å². The molecule has 16 heavy (non-hydrogen) atoms. The van der Waals surface area contributed by atoms with Crippen molar-refractivity contribution in [3.05, 3.63) is 38.3 Å². The van der Waals surface area contributed by atoms with E-state index in [9.17, 15) is 10.1 Å². The molecule has 1 aromatic rings. The Morgan fingerprint density at radius 2 is 2.25 bits per heavy atom. The molecule has 0 bridgehead atoms. The van der Waals surface area contributed by atoms with Gasteiger partial charge in [-0.25, -0.2) is 0 Å². The highest BCUT2D eigenvalue weighted by Gasteiger charge is 2.12. The Labute approximate surface area is 102 Å². The van der Waals surface area contributed by atoms with Gasteiger partial charge < -0.3 is 10.4 Å². The maximum atomic E-state index is 10.7. The van der Waals surface area contributed by atoms with Gasteiger partial charge >= 0.3 is 0 Å². The standard InChI is InChI=1S/C10H13BrN2O3/c11-9-2-3-10(13(15)16)8(6-9)7-12-4-1-5-14/h2-3,6,12,14H,1,4-5,7H2. The van der Waals surface area contributed by atoms with Gasteiger partial charge in [0.15, 0.2) is 0 Å². The Morgan fingerprint density at radius 3 is 2.88 bits per heavy atom. The summed E-state index contributed by atoms with van der Waals surface area (Å²) < 4.78 is 0.817. The molecule has 0 unspecified atom stereocenters. The average Bonchev–Trinajstić information content (AvgIpc) is 2.24. The molecule has 0 atom stereocenters. The normalized spacial score (nSPS) is 10.4. The van der Waals surface area contributed by atoms with Crippen LogP contribution in [0.1, 0.15) is 12.0 Å². The Kier molecular flexibility index (Phi) is 5.37. The van der Waals surface area contributed by atoms with Crippen LogP contribution < -0.4 is 5.32 Å². The van der Waals surface area contributed by atoms with Crippen LogP contribution in [0.15, 0.2) is 22.7 Å². The van der Waals surface area contributed by atoms with Gasteiger partial charge in [-0.1, -0.05) is 15.9 Å². The largest absolute Gasteiger partial charge is 0.396 e. The summed E-state index contributed by atoms with van der Waals surface area (Å²) >= 11 is 3.28. The third kappa shape index (κ3) is 3.88. The van der Waals surface area contributed by atoms with Crippen LogP contribution >= 0.6 is 15.9 Å². The minimum absolute atomic E-state index is 0.111. The van der Waals surface area contributed by atoms with Crippen molar-refractivity contribution in [2.75, 3.05) is 13.2 Å². The van der Waals surface area contributed by atoms with E-state index in [0.29, 0.717) is 25.1 Å². The number of hydrogen-bond donors (Lipinski definition) is 2. The maximum absolute atomic E-state index is 10.7. The van der Waals surface area contributed by atoms with E-state index in [1.165, 1.54) is 6.07 Å². The first-order valence-corrected chi connectivity index (χ1v) is 5.69. The van der Waals surface area contributed by atoms with Crippen molar-refractivity contribution < 1.29 is 10.0 Å². The van der Waals surface area contributed by atoms with Gasteiger partial charge in [0.25, 0.3) is 5.69 Å². The van der Waals surface area contributed by atoms with Crippen molar-refractivity contribution in [3.63, 3.8) is 0 Å². The lowest BCUT2D eigenvalue weighted by Gasteiger charge is -2.05. The number of aliphatic hydroxyl groups excluding tert-OH is 1. The van der Waals surface area contributed by atoms with E-state index in [1.807, 2.05) is 0 Å². The van der Waals surface area contributed by atoms with Crippen molar-refractivity contribution in [2.24, 2.45) is 0 Å². The molecule has 1 aromatic carbocycles. The Hall–Kier alpha value is -0.980. The molecule has 88 valence electrons. The molecule has 0 aliphatic rings. The summed E-state index contributed by atoms with van der Waals surface area (Å²) in [5.74, 6) is 0. The number of nitro benzene ring substituents is 1. The first-order chi connectivity index (χ1) is 7.65. The fourth-order valence-electron chi connectivity index (χ4n) is 1.30. The van der Waals surface area contributed by atoms with Crippen LogP contribution in [-0.4, -0.2) is 23.2 Å². The first kappa shape index (κ1) is 13.1. The van der Waals surface area contributed by atoms with Gasteiger partial charge in [0.05, 0.1) is 4.92 Å². The molecule has 1 rings (SSSR count).